The van der Waals surface area contributed by atoms with Crippen molar-refractivity contribution in [2.24, 2.45) is 35.5 Å². The summed E-state index contributed by atoms with van der Waals surface area (Å²) in [5.41, 5.74) is 0. The van der Waals surface area contributed by atoms with E-state index >= 15 is 0 Å². The molecule has 0 aromatic rings. The first-order chi connectivity index (χ1) is 15.6. The van der Waals surface area contributed by atoms with Gasteiger partial charge in [0, 0.05) is 6.42 Å². The van der Waals surface area contributed by atoms with Gasteiger partial charge in [-0.25, -0.2) is 0 Å². The Balaban J connectivity index is 1.34. The van der Waals surface area contributed by atoms with Gasteiger partial charge >= 0.3 is 5.97 Å². The van der Waals surface area contributed by atoms with Crippen molar-refractivity contribution < 1.29 is 14.3 Å². The van der Waals surface area contributed by atoms with Crippen LogP contribution in [0.4, 0.5) is 0 Å². The number of hydrogen-bond acceptors (Lipinski definition) is 3. The molecule has 0 aromatic heterocycles. The van der Waals surface area contributed by atoms with E-state index in [0.29, 0.717) is 24.9 Å². The van der Waals surface area contributed by atoms with Crippen LogP contribution in [-0.4, -0.2) is 18.4 Å². The Labute approximate surface area is 197 Å². The number of ether oxygens (including phenoxy) is 1. The minimum Gasteiger partial charge on any atom is -0.465 e. The molecule has 32 heavy (non-hydrogen) atoms. The first-order valence-corrected chi connectivity index (χ1v) is 14.3. The second kappa shape index (κ2) is 13.8. The summed E-state index contributed by atoms with van der Waals surface area (Å²) in [6.45, 7) is 4.92. The van der Waals surface area contributed by atoms with Crippen LogP contribution in [0.15, 0.2) is 0 Å². The highest BCUT2D eigenvalue weighted by Crippen LogP contribution is 2.46. The first kappa shape index (κ1) is 25.8. The Morgan fingerprint density at radius 3 is 1.84 bits per heavy atom. The minimum atomic E-state index is -0.475. The molecule has 0 saturated heterocycles. The van der Waals surface area contributed by atoms with E-state index in [9.17, 15) is 9.59 Å². The van der Waals surface area contributed by atoms with Crippen molar-refractivity contribution in [1.29, 1.82) is 0 Å². The van der Waals surface area contributed by atoms with Crippen LogP contribution in [0.2, 0.25) is 0 Å². The average Bonchev–Trinajstić information content (AvgIpc) is 2.82. The van der Waals surface area contributed by atoms with Gasteiger partial charge in [0.05, 0.1) is 6.61 Å². The molecule has 0 amide bonds. The van der Waals surface area contributed by atoms with Gasteiger partial charge in [-0.15, -0.1) is 0 Å². The van der Waals surface area contributed by atoms with Gasteiger partial charge in [0.1, 0.15) is 11.7 Å². The standard InChI is InChI=1S/C29H50O3/c1-3-5-7-9-22-10-12-23(13-11-22)24-14-16-25(17-15-24)26-18-19-27(28(30)21-26)29(31)32-20-8-6-4-2/h22-27H,3-21H2,1-2H3/t22-,23-,24?,25?,26?,27?. The van der Waals surface area contributed by atoms with Gasteiger partial charge < -0.3 is 4.74 Å². The van der Waals surface area contributed by atoms with Crippen LogP contribution >= 0.6 is 0 Å². The van der Waals surface area contributed by atoms with Gasteiger partial charge in [0.15, 0.2) is 0 Å². The molecule has 0 spiro atoms. The van der Waals surface area contributed by atoms with Crippen molar-refractivity contribution in [2.45, 2.75) is 129 Å². The maximum atomic E-state index is 12.7. The second-order valence-corrected chi connectivity index (χ2v) is 11.4. The van der Waals surface area contributed by atoms with Crippen molar-refractivity contribution in [3.63, 3.8) is 0 Å². The van der Waals surface area contributed by atoms with Crippen LogP contribution < -0.4 is 0 Å². The molecule has 3 rings (SSSR count). The molecule has 3 aliphatic carbocycles. The van der Waals surface area contributed by atoms with E-state index in [-0.39, 0.29) is 11.8 Å². The summed E-state index contributed by atoms with van der Waals surface area (Å²) in [6, 6.07) is 0. The largest absolute Gasteiger partial charge is 0.465 e. The number of esters is 1. The molecule has 0 aromatic carbocycles. The number of unbranched alkanes of at least 4 members (excludes halogenated alkanes) is 4. The minimum absolute atomic E-state index is 0.158. The predicted molar refractivity (Wildman–Crippen MR) is 131 cm³/mol. The molecule has 0 N–H and O–H groups in total. The molecule has 2 unspecified atom stereocenters. The lowest BCUT2D eigenvalue weighted by atomic mass is 9.64. The fraction of sp³-hybridized carbons (Fsp3) is 0.931. The maximum Gasteiger partial charge on any atom is 0.316 e. The highest BCUT2D eigenvalue weighted by molar-refractivity contribution is 5.99. The third-order valence-electron chi connectivity index (χ3n) is 9.21. The van der Waals surface area contributed by atoms with Crippen molar-refractivity contribution in [2.75, 3.05) is 6.61 Å². The quantitative estimate of drug-likeness (QED) is 0.184. The van der Waals surface area contributed by atoms with Gasteiger partial charge in [-0.3, -0.25) is 9.59 Å². The lowest BCUT2D eigenvalue weighted by Crippen LogP contribution is -2.36. The van der Waals surface area contributed by atoms with Crippen LogP contribution in [0.3, 0.4) is 0 Å². The van der Waals surface area contributed by atoms with Crippen LogP contribution in [0.1, 0.15) is 129 Å². The normalized spacial score (nSPS) is 33.8. The number of carbonyl (C=O) groups excluding carboxylic acids is 2. The zero-order valence-electron chi connectivity index (χ0n) is 21.1. The lowest BCUT2D eigenvalue weighted by Gasteiger charge is -2.41. The summed E-state index contributed by atoms with van der Waals surface area (Å²) in [5.74, 6) is 3.57. The highest BCUT2D eigenvalue weighted by atomic mass is 16.5. The molecule has 0 bridgehead atoms. The molecule has 0 aliphatic heterocycles. The Bertz CT molecular complexity index is 555. The third-order valence-corrected chi connectivity index (χ3v) is 9.21. The molecule has 3 nitrogen and oxygen atoms in total. The number of carbonyl (C=O) groups is 2. The van der Waals surface area contributed by atoms with E-state index in [1.807, 2.05) is 0 Å². The van der Waals surface area contributed by atoms with Gasteiger partial charge in [0.25, 0.3) is 0 Å². The summed E-state index contributed by atoms with van der Waals surface area (Å²) < 4.78 is 5.39. The smallest absolute Gasteiger partial charge is 0.316 e. The Morgan fingerprint density at radius 1 is 0.719 bits per heavy atom. The van der Waals surface area contributed by atoms with E-state index in [2.05, 4.69) is 13.8 Å². The molecule has 3 heteroatoms. The zero-order chi connectivity index (χ0) is 22.8. The number of hydrogen-bond donors (Lipinski definition) is 0. The summed E-state index contributed by atoms with van der Waals surface area (Å²) >= 11 is 0. The second-order valence-electron chi connectivity index (χ2n) is 11.4. The average molecular weight is 447 g/mol. The topological polar surface area (TPSA) is 43.4 Å². The predicted octanol–water partition coefficient (Wildman–Crippen LogP) is 7.90. The van der Waals surface area contributed by atoms with Crippen LogP contribution in [-0.2, 0) is 14.3 Å². The first-order valence-electron chi connectivity index (χ1n) is 14.3. The summed E-state index contributed by atoms with van der Waals surface area (Å²) in [4.78, 5) is 25.0. The third kappa shape index (κ3) is 7.59. The SMILES string of the molecule is CCCCCOC(=O)C1CCC(C2CCC([C@H]3CC[C@H](CCCCC)CC3)CC2)CC1=O. The molecule has 184 valence electrons. The summed E-state index contributed by atoms with van der Waals surface area (Å²) in [6.07, 6.45) is 22.4. The van der Waals surface area contributed by atoms with Crippen molar-refractivity contribution in [1.82, 2.24) is 0 Å². The maximum absolute atomic E-state index is 12.7. The summed E-state index contributed by atoms with van der Waals surface area (Å²) in [7, 11) is 0. The molecular weight excluding hydrogens is 396 g/mol. The van der Waals surface area contributed by atoms with Crippen LogP contribution in [0, 0.1) is 35.5 Å². The fourth-order valence-electron chi connectivity index (χ4n) is 7.04. The molecule has 3 aliphatic rings. The van der Waals surface area contributed by atoms with E-state index in [1.165, 1.54) is 77.0 Å². The van der Waals surface area contributed by atoms with E-state index in [1.54, 1.807) is 0 Å². The molecule has 3 fully saturated rings. The van der Waals surface area contributed by atoms with Crippen LogP contribution in [0.25, 0.3) is 0 Å². The van der Waals surface area contributed by atoms with Crippen molar-refractivity contribution >= 4 is 11.8 Å². The summed E-state index contributed by atoms with van der Waals surface area (Å²) in [5, 5.41) is 0. The molecule has 0 radical (unpaired) electrons. The lowest BCUT2D eigenvalue weighted by molar-refractivity contribution is -0.154. The van der Waals surface area contributed by atoms with Gasteiger partial charge in [0.2, 0.25) is 0 Å². The highest BCUT2D eigenvalue weighted by Gasteiger charge is 2.39. The van der Waals surface area contributed by atoms with Crippen molar-refractivity contribution in [3.8, 4) is 0 Å². The van der Waals surface area contributed by atoms with Gasteiger partial charge in [-0.05, 0) is 87.4 Å². The van der Waals surface area contributed by atoms with Gasteiger partial charge in [-0.2, -0.15) is 0 Å². The Morgan fingerprint density at radius 2 is 1.25 bits per heavy atom. The van der Waals surface area contributed by atoms with Crippen molar-refractivity contribution in [3.05, 3.63) is 0 Å². The Hall–Kier alpha value is -0.860. The number of Topliss-reactive ketones (excluding diaryl/α,β-unsaturated/α-hetero) is 1. The zero-order valence-corrected chi connectivity index (χ0v) is 21.1. The van der Waals surface area contributed by atoms with E-state index in [0.717, 1.165) is 49.9 Å². The molecule has 3 saturated carbocycles. The Kier molecular flexibility index (Phi) is 11.1. The van der Waals surface area contributed by atoms with Gasteiger partial charge in [-0.1, -0.05) is 65.2 Å². The number of ketones is 1. The molecule has 2 atom stereocenters. The molecular formula is C29H50O3. The number of rotatable bonds is 11. The fourth-order valence-corrected chi connectivity index (χ4v) is 7.04. The molecule has 0 heterocycles. The monoisotopic (exact) mass is 446 g/mol. The van der Waals surface area contributed by atoms with E-state index in [4.69, 9.17) is 4.74 Å². The van der Waals surface area contributed by atoms with Crippen LogP contribution in [0.5, 0.6) is 0 Å². The van der Waals surface area contributed by atoms with E-state index < -0.39 is 5.92 Å².